The van der Waals surface area contributed by atoms with Crippen LogP contribution in [-0.2, 0) is 9.31 Å². The van der Waals surface area contributed by atoms with Gasteiger partial charge in [-0.15, -0.1) is 0 Å². The molecule has 0 bridgehead atoms. The second-order valence-electron chi connectivity index (χ2n) is 11.5. The maximum atomic E-state index is 6.42. The van der Waals surface area contributed by atoms with Crippen LogP contribution < -0.4 is 16.9 Å². The number of benzene rings is 6. The predicted molar refractivity (Wildman–Crippen MR) is 169 cm³/mol. The third-order valence-electron chi connectivity index (χ3n) is 8.90. The Labute approximate surface area is 239 Å². The van der Waals surface area contributed by atoms with Crippen molar-refractivity contribution in [1.82, 2.24) is 0 Å². The third-order valence-corrected chi connectivity index (χ3v) is 8.90. The average Bonchev–Trinajstić information content (AvgIpc) is 3.43. The van der Waals surface area contributed by atoms with Crippen molar-refractivity contribution in [1.29, 1.82) is 0 Å². The summed E-state index contributed by atoms with van der Waals surface area (Å²) in [5, 5.41) is 4.75. The van der Waals surface area contributed by atoms with E-state index >= 15 is 0 Å². The van der Waals surface area contributed by atoms with E-state index in [1.807, 2.05) is 0 Å². The van der Waals surface area contributed by atoms with E-state index in [-0.39, 0.29) is 0 Å². The van der Waals surface area contributed by atoms with Crippen molar-refractivity contribution in [3.05, 3.63) is 115 Å². The molecule has 6 aromatic carbocycles. The van der Waals surface area contributed by atoms with Gasteiger partial charge in [0.05, 0.1) is 0 Å². The lowest BCUT2D eigenvalue weighted by atomic mass is 9.75. The molecule has 8 rings (SSSR count). The Bertz CT molecular complexity index is 1890. The maximum Gasteiger partial charge on any atom is 0.497 e. The Hall–Kier alpha value is -4.26. The molecule has 2 aliphatic rings. The molecule has 1 fully saturated rings. The van der Waals surface area contributed by atoms with Crippen molar-refractivity contribution in [2.45, 2.75) is 25.3 Å². The Morgan fingerprint density at radius 2 is 0.951 bits per heavy atom. The number of fused-ring (bicyclic) bond motifs is 4. The first-order valence-electron chi connectivity index (χ1n) is 14.0. The van der Waals surface area contributed by atoms with Gasteiger partial charge in [0.2, 0.25) is 0 Å². The van der Waals surface area contributed by atoms with Crippen molar-refractivity contribution < 1.29 is 9.31 Å². The molecule has 0 amide bonds. The molecule has 5 heteroatoms. The highest BCUT2D eigenvalue weighted by molar-refractivity contribution is 6.65. The van der Waals surface area contributed by atoms with Crippen LogP contribution in [0.4, 0.5) is 0 Å². The average molecular weight is 532 g/mol. The lowest BCUT2D eigenvalue weighted by molar-refractivity contribution is -0.0137. The minimum atomic E-state index is -1.12. The van der Waals surface area contributed by atoms with Crippen LogP contribution in [0.2, 0.25) is 0 Å². The van der Waals surface area contributed by atoms with Crippen molar-refractivity contribution in [2.24, 2.45) is 11.5 Å². The highest BCUT2D eigenvalue weighted by atomic mass is 16.7. The Balaban J connectivity index is 1.50. The van der Waals surface area contributed by atoms with Crippen molar-refractivity contribution in [3.8, 4) is 44.5 Å². The molecule has 4 N–H and O–H groups in total. The Morgan fingerprint density at radius 1 is 0.488 bits per heavy atom. The molecule has 1 heterocycles. The van der Waals surface area contributed by atoms with Crippen LogP contribution in [0.5, 0.6) is 0 Å². The van der Waals surface area contributed by atoms with Crippen molar-refractivity contribution >= 4 is 34.1 Å². The molecule has 0 saturated carbocycles. The molecule has 2 unspecified atom stereocenters. The van der Waals surface area contributed by atoms with E-state index in [0.29, 0.717) is 0 Å². The third kappa shape index (κ3) is 3.44. The number of hydrogen-bond acceptors (Lipinski definition) is 4. The van der Waals surface area contributed by atoms with Crippen LogP contribution in [0.3, 0.4) is 0 Å². The summed E-state index contributed by atoms with van der Waals surface area (Å²) in [4.78, 5) is 0. The molecule has 0 spiro atoms. The van der Waals surface area contributed by atoms with Gasteiger partial charge in [0.1, 0.15) is 11.4 Å². The second kappa shape index (κ2) is 8.62. The van der Waals surface area contributed by atoms with Gasteiger partial charge in [-0.05, 0) is 85.4 Å². The van der Waals surface area contributed by atoms with Gasteiger partial charge in [0.25, 0.3) is 0 Å². The van der Waals surface area contributed by atoms with E-state index in [1.54, 1.807) is 13.8 Å². The summed E-state index contributed by atoms with van der Waals surface area (Å²) in [6, 6.07) is 41.1. The van der Waals surface area contributed by atoms with E-state index in [0.717, 1.165) is 10.8 Å². The lowest BCUT2D eigenvalue weighted by Crippen LogP contribution is -2.60. The number of hydrogen-bond donors (Lipinski definition) is 2. The molecule has 0 aromatic heterocycles. The normalized spacial score (nSPS) is 21.1. The van der Waals surface area contributed by atoms with Crippen LogP contribution in [0.15, 0.2) is 115 Å². The summed E-state index contributed by atoms with van der Waals surface area (Å²) in [5.41, 5.74) is 21.4. The molecule has 0 radical (unpaired) electrons. The van der Waals surface area contributed by atoms with E-state index in [4.69, 9.17) is 20.8 Å². The SMILES string of the molecule is CC1(N)OB(c2ccc3c4c(cccc24)-c2c-3c(-c3ccccc3)c3ccccc3c2-c2ccccc2)OC1(C)N. The predicted octanol–water partition coefficient (Wildman–Crippen LogP) is 7.07. The van der Waals surface area contributed by atoms with Gasteiger partial charge >= 0.3 is 7.12 Å². The van der Waals surface area contributed by atoms with E-state index in [1.165, 1.54) is 60.7 Å². The second-order valence-corrected chi connectivity index (χ2v) is 11.5. The molecule has 198 valence electrons. The molecule has 41 heavy (non-hydrogen) atoms. The number of rotatable bonds is 3. The maximum absolute atomic E-state index is 6.42. The van der Waals surface area contributed by atoms with Crippen LogP contribution in [0.25, 0.3) is 66.1 Å². The quantitative estimate of drug-likeness (QED) is 0.239. The summed E-state index contributed by atoms with van der Waals surface area (Å²) in [7, 11) is -0.672. The zero-order valence-electron chi connectivity index (χ0n) is 23.0. The lowest BCUT2D eigenvalue weighted by Gasteiger charge is -2.31. The topological polar surface area (TPSA) is 70.5 Å². The van der Waals surface area contributed by atoms with Gasteiger partial charge < -0.3 is 20.8 Å². The summed E-state index contributed by atoms with van der Waals surface area (Å²) < 4.78 is 12.4. The molecule has 1 aliphatic heterocycles. The largest absolute Gasteiger partial charge is 0.497 e. The summed E-state index contributed by atoms with van der Waals surface area (Å²) in [5.74, 6) is 0. The number of nitrogens with two attached hydrogens (primary N) is 2. The van der Waals surface area contributed by atoms with Crippen LogP contribution >= 0.6 is 0 Å². The minimum absolute atomic E-state index is 0.672. The van der Waals surface area contributed by atoms with Crippen LogP contribution in [0.1, 0.15) is 13.8 Å². The van der Waals surface area contributed by atoms with E-state index in [2.05, 4.69) is 115 Å². The molecule has 1 aliphatic carbocycles. The first-order chi connectivity index (χ1) is 19.9. The van der Waals surface area contributed by atoms with E-state index < -0.39 is 18.6 Å². The zero-order chi connectivity index (χ0) is 27.9. The standard InChI is InChI=1S/C36H29BN2O2/c1-35(38)36(2,39)41-37(40-35)29-21-20-28-32-26(29)18-11-19-27(32)33-30(22-12-5-3-6-13-22)24-16-9-10-17-25(24)31(34(28)33)23-14-7-4-8-15-23/h3-21H,38-39H2,1-2H3. The molecular formula is C36H29BN2O2. The van der Waals surface area contributed by atoms with Crippen molar-refractivity contribution in [2.75, 3.05) is 0 Å². The summed E-state index contributed by atoms with van der Waals surface area (Å²) >= 11 is 0. The molecule has 1 saturated heterocycles. The van der Waals surface area contributed by atoms with Gasteiger partial charge in [0, 0.05) is 0 Å². The van der Waals surface area contributed by atoms with Crippen molar-refractivity contribution in [3.63, 3.8) is 0 Å². The zero-order valence-corrected chi connectivity index (χ0v) is 23.0. The molecule has 2 atom stereocenters. The van der Waals surface area contributed by atoms with Gasteiger partial charge in [-0.3, -0.25) is 0 Å². The smallest absolute Gasteiger partial charge is 0.385 e. The fourth-order valence-electron chi connectivity index (χ4n) is 6.67. The highest BCUT2D eigenvalue weighted by Gasteiger charge is 2.54. The Morgan fingerprint density at radius 3 is 1.49 bits per heavy atom. The fourth-order valence-corrected chi connectivity index (χ4v) is 6.67. The summed E-state index contributed by atoms with van der Waals surface area (Å²) in [6.45, 7) is 3.54. The Kier molecular flexibility index (Phi) is 5.16. The van der Waals surface area contributed by atoms with Gasteiger partial charge in [0.15, 0.2) is 0 Å². The molecule has 4 nitrogen and oxygen atoms in total. The van der Waals surface area contributed by atoms with E-state index in [9.17, 15) is 0 Å². The first-order valence-corrected chi connectivity index (χ1v) is 14.0. The van der Waals surface area contributed by atoms with Gasteiger partial charge in [-0.25, -0.2) is 0 Å². The van der Waals surface area contributed by atoms with Gasteiger partial charge in [-0.1, -0.05) is 115 Å². The molecular weight excluding hydrogens is 503 g/mol. The van der Waals surface area contributed by atoms with Crippen LogP contribution in [-0.4, -0.2) is 18.6 Å². The first kappa shape index (κ1) is 24.5. The minimum Gasteiger partial charge on any atom is -0.385 e. The highest BCUT2D eigenvalue weighted by Crippen LogP contribution is 2.57. The van der Waals surface area contributed by atoms with Gasteiger partial charge in [-0.2, -0.15) is 0 Å². The van der Waals surface area contributed by atoms with Crippen LogP contribution in [0, 0.1) is 0 Å². The fraction of sp³-hybridized carbons (Fsp3) is 0.111. The monoisotopic (exact) mass is 532 g/mol. The summed E-state index contributed by atoms with van der Waals surface area (Å²) in [6.07, 6.45) is 0. The molecule has 6 aromatic rings.